The monoisotopic (exact) mass is 537 g/mol. The van der Waals surface area contributed by atoms with Crippen LogP contribution in [0.15, 0.2) is 11.2 Å². The summed E-state index contributed by atoms with van der Waals surface area (Å²) in [6, 6.07) is 0. The number of thiazole rings is 1. The number of amides is 1. The van der Waals surface area contributed by atoms with E-state index in [2.05, 4.69) is 27.5 Å². The number of likely N-dealkylation sites (tertiary alicyclic amines) is 1. The molecule has 1 aromatic rings. The van der Waals surface area contributed by atoms with Gasteiger partial charge in [-0.25, -0.2) is 9.78 Å². The molecule has 0 spiro atoms. The van der Waals surface area contributed by atoms with Crippen LogP contribution in [0.5, 0.6) is 0 Å². The third kappa shape index (κ3) is 9.50. The van der Waals surface area contributed by atoms with E-state index in [1.165, 1.54) is 4.88 Å². The number of carbonyl (C=O) groups is 1. The molecule has 2 rings (SSSR count). The molecule has 0 bridgehead atoms. The van der Waals surface area contributed by atoms with Gasteiger partial charge in [-0.1, -0.05) is 6.92 Å². The standard InChI is InChI=1S/C20H35N5O2S.HI/c1-6-16-14-23-17(28-16)7-10-22-18(21-5)24-13-15-8-11-25(12-9-15)19(26)27-20(2,3)4;/h14-15H,6-13H2,1-5H3,(H2,21,22,24);1H. The maximum absolute atomic E-state index is 12.1. The van der Waals surface area contributed by atoms with Crippen molar-refractivity contribution in [2.45, 2.75) is 59.0 Å². The van der Waals surface area contributed by atoms with Gasteiger partial charge in [-0.15, -0.1) is 35.3 Å². The largest absolute Gasteiger partial charge is 0.444 e. The topological polar surface area (TPSA) is 78.9 Å². The molecule has 9 heteroatoms. The number of aromatic nitrogens is 1. The van der Waals surface area contributed by atoms with Gasteiger partial charge in [0.15, 0.2) is 5.96 Å². The Morgan fingerprint density at radius 3 is 2.59 bits per heavy atom. The zero-order valence-electron chi connectivity index (χ0n) is 18.3. The van der Waals surface area contributed by atoms with Gasteiger partial charge in [0.25, 0.3) is 0 Å². The molecule has 1 aromatic heterocycles. The van der Waals surface area contributed by atoms with E-state index in [1.54, 1.807) is 18.4 Å². The van der Waals surface area contributed by atoms with Crippen LogP contribution in [0.4, 0.5) is 4.79 Å². The second kappa shape index (κ2) is 12.6. The number of nitrogens with zero attached hydrogens (tertiary/aromatic N) is 3. The third-order valence-electron chi connectivity index (χ3n) is 4.63. The number of hydrogen-bond acceptors (Lipinski definition) is 5. The van der Waals surface area contributed by atoms with E-state index in [0.717, 1.165) is 62.8 Å². The average molecular weight is 538 g/mol. The minimum atomic E-state index is -0.440. The fraction of sp³-hybridized carbons (Fsp3) is 0.750. The van der Waals surface area contributed by atoms with E-state index >= 15 is 0 Å². The second-order valence-electron chi connectivity index (χ2n) is 8.11. The number of aliphatic imine (C=N–C) groups is 1. The Hall–Kier alpha value is -1.10. The predicted octanol–water partition coefficient (Wildman–Crippen LogP) is 3.68. The van der Waals surface area contributed by atoms with Crippen molar-refractivity contribution in [3.05, 3.63) is 16.1 Å². The van der Waals surface area contributed by atoms with Crippen LogP contribution in [0.1, 0.15) is 50.4 Å². The Kier molecular flexibility index (Phi) is 11.2. The molecule has 0 atom stereocenters. The summed E-state index contributed by atoms with van der Waals surface area (Å²) in [4.78, 5) is 24.0. The van der Waals surface area contributed by atoms with E-state index in [0.29, 0.717) is 5.92 Å². The van der Waals surface area contributed by atoms with Crippen LogP contribution < -0.4 is 10.6 Å². The number of piperidine rings is 1. The summed E-state index contributed by atoms with van der Waals surface area (Å²) in [7, 11) is 1.79. The molecule has 1 aliphatic heterocycles. The number of carbonyl (C=O) groups excluding carboxylic acids is 1. The van der Waals surface area contributed by atoms with Crippen molar-refractivity contribution >= 4 is 47.4 Å². The highest BCUT2D eigenvalue weighted by Gasteiger charge is 2.26. The highest BCUT2D eigenvalue weighted by atomic mass is 127. The number of ether oxygens (including phenoxy) is 1. The number of hydrogen-bond donors (Lipinski definition) is 2. The zero-order chi connectivity index (χ0) is 20.6. The van der Waals surface area contributed by atoms with E-state index in [1.807, 2.05) is 31.9 Å². The molecule has 0 aromatic carbocycles. The first-order valence-electron chi connectivity index (χ1n) is 10.2. The molecular formula is C20H36IN5O2S. The molecule has 0 aliphatic carbocycles. The Morgan fingerprint density at radius 1 is 1.34 bits per heavy atom. The van der Waals surface area contributed by atoms with Gasteiger partial charge in [0.1, 0.15) is 5.60 Å². The van der Waals surface area contributed by atoms with Crippen molar-refractivity contribution in [2.24, 2.45) is 10.9 Å². The van der Waals surface area contributed by atoms with Crippen LogP contribution >= 0.6 is 35.3 Å². The van der Waals surface area contributed by atoms with Gasteiger partial charge in [0, 0.05) is 50.7 Å². The van der Waals surface area contributed by atoms with Crippen molar-refractivity contribution in [2.75, 3.05) is 33.2 Å². The molecule has 0 unspecified atom stereocenters. The Bertz CT molecular complexity index is 652. The molecule has 29 heavy (non-hydrogen) atoms. The minimum absolute atomic E-state index is 0. The number of nitrogens with one attached hydrogen (secondary N) is 2. The zero-order valence-corrected chi connectivity index (χ0v) is 21.4. The molecule has 166 valence electrons. The molecular weight excluding hydrogens is 501 g/mol. The normalized spacial score (nSPS) is 15.6. The van der Waals surface area contributed by atoms with Gasteiger partial charge in [0.05, 0.1) is 5.01 Å². The lowest BCUT2D eigenvalue weighted by Gasteiger charge is -2.33. The highest BCUT2D eigenvalue weighted by molar-refractivity contribution is 14.0. The SMILES string of the molecule is CCc1cnc(CCNC(=NC)NCC2CCN(C(=O)OC(C)(C)C)CC2)s1.I. The summed E-state index contributed by atoms with van der Waals surface area (Å²) in [5, 5.41) is 7.93. The van der Waals surface area contributed by atoms with E-state index in [4.69, 9.17) is 4.74 Å². The summed E-state index contributed by atoms with van der Waals surface area (Å²) in [6.45, 7) is 11.0. The van der Waals surface area contributed by atoms with Crippen LogP contribution in [0.25, 0.3) is 0 Å². The van der Waals surface area contributed by atoms with Gasteiger partial charge in [-0.3, -0.25) is 4.99 Å². The van der Waals surface area contributed by atoms with Crippen molar-refractivity contribution < 1.29 is 9.53 Å². The van der Waals surface area contributed by atoms with Crippen LogP contribution in [0.2, 0.25) is 0 Å². The summed E-state index contributed by atoms with van der Waals surface area (Å²) >= 11 is 1.78. The predicted molar refractivity (Wildman–Crippen MR) is 131 cm³/mol. The average Bonchev–Trinajstić information content (AvgIpc) is 3.11. The summed E-state index contributed by atoms with van der Waals surface area (Å²) in [5.74, 6) is 1.35. The number of halogens is 1. The molecule has 2 heterocycles. The van der Waals surface area contributed by atoms with Crippen LogP contribution in [0, 0.1) is 5.92 Å². The van der Waals surface area contributed by atoms with E-state index < -0.39 is 5.60 Å². The lowest BCUT2D eigenvalue weighted by atomic mass is 9.97. The Morgan fingerprint density at radius 2 is 2.03 bits per heavy atom. The second-order valence-corrected chi connectivity index (χ2v) is 9.31. The molecule has 1 fully saturated rings. The Balaban J connectivity index is 0.00000420. The first kappa shape index (κ1) is 25.9. The number of guanidine groups is 1. The first-order valence-corrected chi connectivity index (χ1v) is 11.0. The molecule has 1 aliphatic rings. The molecule has 0 saturated carbocycles. The highest BCUT2D eigenvalue weighted by Crippen LogP contribution is 2.19. The number of aryl methyl sites for hydroxylation is 1. The molecule has 1 saturated heterocycles. The lowest BCUT2D eigenvalue weighted by molar-refractivity contribution is 0.0185. The third-order valence-corrected chi connectivity index (χ3v) is 5.83. The van der Waals surface area contributed by atoms with Gasteiger partial charge in [0.2, 0.25) is 0 Å². The lowest BCUT2D eigenvalue weighted by Crippen LogP contribution is -2.45. The van der Waals surface area contributed by atoms with Crippen molar-refractivity contribution in [3.63, 3.8) is 0 Å². The van der Waals surface area contributed by atoms with Crippen molar-refractivity contribution in [1.82, 2.24) is 20.5 Å². The van der Waals surface area contributed by atoms with Gasteiger partial charge in [-0.05, 0) is 46.0 Å². The molecule has 0 radical (unpaired) electrons. The molecule has 1 amide bonds. The maximum atomic E-state index is 12.1. The van der Waals surface area contributed by atoms with Crippen molar-refractivity contribution in [3.8, 4) is 0 Å². The smallest absolute Gasteiger partial charge is 0.410 e. The molecule has 7 nitrogen and oxygen atoms in total. The fourth-order valence-electron chi connectivity index (χ4n) is 3.02. The van der Waals surface area contributed by atoms with Crippen LogP contribution in [-0.2, 0) is 17.6 Å². The summed E-state index contributed by atoms with van der Waals surface area (Å²) in [6.07, 6.45) is 5.66. The summed E-state index contributed by atoms with van der Waals surface area (Å²) < 4.78 is 5.46. The van der Waals surface area contributed by atoms with Gasteiger partial charge in [-0.2, -0.15) is 0 Å². The van der Waals surface area contributed by atoms with E-state index in [9.17, 15) is 4.79 Å². The van der Waals surface area contributed by atoms with Crippen LogP contribution in [0.3, 0.4) is 0 Å². The quantitative estimate of drug-likeness (QED) is 0.329. The minimum Gasteiger partial charge on any atom is -0.444 e. The van der Waals surface area contributed by atoms with E-state index in [-0.39, 0.29) is 30.1 Å². The fourth-order valence-corrected chi connectivity index (χ4v) is 3.88. The Labute approximate surface area is 196 Å². The maximum Gasteiger partial charge on any atom is 0.410 e. The molecule has 2 N–H and O–H groups in total. The van der Waals surface area contributed by atoms with Crippen LogP contribution in [-0.4, -0.2) is 60.8 Å². The van der Waals surface area contributed by atoms with Gasteiger partial charge < -0.3 is 20.3 Å². The van der Waals surface area contributed by atoms with Gasteiger partial charge >= 0.3 is 6.09 Å². The number of rotatable bonds is 6. The summed E-state index contributed by atoms with van der Waals surface area (Å²) in [5.41, 5.74) is -0.440. The first-order chi connectivity index (χ1) is 13.3. The van der Waals surface area contributed by atoms with Crippen molar-refractivity contribution in [1.29, 1.82) is 0 Å².